The van der Waals surface area contributed by atoms with Crippen molar-refractivity contribution in [3.05, 3.63) is 30.4 Å². The molecule has 4 nitrogen and oxygen atoms in total. The fourth-order valence-electron chi connectivity index (χ4n) is 1.48. The van der Waals surface area contributed by atoms with Gasteiger partial charge < -0.3 is 5.32 Å². The van der Waals surface area contributed by atoms with E-state index in [1.165, 1.54) is 11.5 Å². The summed E-state index contributed by atoms with van der Waals surface area (Å²) in [6, 6.07) is 4.44. The Morgan fingerprint density at radius 1 is 1.39 bits per heavy atom. The summed E-state index contributed by atoms with van der Waals surface area (Å²) >= 11 is 3.00. The van der Waals surface area contributed by atoms with Crippen molar-refractivity contribution in [2.45, 2.75) is 35.5 Å². The molecule has 1 N–H and O–H groups in total. The van der Waals surface area contributed by atoms with Gasteiger partial charge in [0.1, 0.15) is 6.33 Å². The van der Waals surface area contributed by atoms with E-state index in [1.54, 1.807) is 18.1 Å². The molecule has 1 unspecified atom stereocenters. The predicted molar refractivity (Wildman–Crippen MR) is 75.0 cm³/mol. The molecule has 1 atom stereocenters. The molecule has 0 aliphatic heterocycles. The summed E-state index contributed by atoms with van der Waals surface area (Å²) in [5.74, 6) is 0. The quantitative estimate of drug-likeness (QED) is 0.881. The molecular formula is C12H16N4S2. The Morgan fingerprint density at radius 2 is 2.28 bits per heavy atom. The fourth-order valence-corrected chi connectivity index (χ4v) is 2.87. The van der Waals surface area contributed by atoms with Crippen LogP contribution in [0.25, 0.3) is 0 Å². The molecule has 0 aromatic carbocycles. The third-order valence-corrected chi connectivity index (χ3v) is 4.14. The molecule has 0 bridgehead atoms. The van der Waals surface area contributed by atoms with E-state index in [4.69, 9.17) is 0 Å². The molecule has 0 saturated heterocycles. The van der Waals surface area contributed by atoms with Crippen LogP contribution in [0.15, 0.2) is 33.9 Å². The number of nitrogens with zero attached hydrogens (tertiary/aromatic N) is 3. The zero-order valence-corrected chi connectivity index (χ0v) is 12.1. The number of pyridine rings is 1. The molecule has 0 saturated carbocycles. The first-order chi connectivity index (χ1) is 8.79. The average molecular weight is 280 g/mol. The van der Waals surface area contributed by atoms with Gasteiger partial charge in [-0.2, -0.15) is 4.37 Å². The highest BCUT2D eigenvalue weighted by molar-refractivity contribution is 8.01. The third kappa shape index (κ3) is 3.76. The van der Waals surface area contributed by atoms with Crippen LogP contribution >= 0.6 is 23.3 Å². The molecule has 0 aliphatic carbocycles. The van der Waals surface area contributed by atoms with Crippen molar-refractivity contribution in [3.8, 4) is 0 Å². The second-order valence-electron chi connectivity index (χ2n) is 3.90. The van der Waals surface area contributed by atoms with Crippen molar-refractivity contribution in [2.24, 2.45) is 0 Å². The fraction of sp³-hybridized carbons (Fsp3) is 0.417. The Kier molecular flexibility index (Phi) is 5.10. The van der Waals surface area contributed by atoms with Crippen molar-refractivity contribution in [1.82, 2.24) is 19.7 Å². The molecule has 2 heterocycles. The van der Waals surface area contributed by atoms with E-state index in [9.17, 15) is 0 Å². The number of aromatic nitrogens is 3. The minimum Gasteiger partial charge on any atom is -0.309 e. The van der Waals surface area contributed by atoms with Crippen molar-refractivity contribution >= 4 is 23.3 Å². The molecule has 0 aliphatic rings. The van der Waals surface area contributed by atoms with Crippen molar-refractivity contribution in [1.29, 1.82) is 0 Å². The van der Waals surface area contributed by atoms with Gasteiger partial charge in [0.25, 0.3) is 0 Å². The highest BCUT2D eigenvalue weighted by atomic mass is 32.2. The van der Waals surface area contributed by atoms with Gasteiger partial charge in [-0.3, -0.25) is 4.98 Å². The standard InChI is InChI=1S/C12H16N4S2/c1-3-6-13-9(2)11-5-4-10(7-14-11)17-12-15-8-16-18-12/h4-5,7-9,13H,3,6H2,1-2H3. The minimum atomic E-state index is 0.297. The minimum absolute atomic E-state index is 0.297. The van der Waals surface area contributed by atoms with Gasteiger partial charge in [-0.15, -0.1) is 0 Å². The molecule has 2 aromatic rings. The zero-order chi connectivity index (χ0) is 12.8. The SMILES string of the molecule is CCCNC(C)c1ccc(Sc2ncns2)cn1. The van der Waals surface area contributed by atoms with Crippen molar-refractivity contribution in [2.75, 3.05) is 6.54 Å². The van der Waals surface area contributed by atoms with Gasteiger partial charge in [0.2, 0.25) is 0 Å². The van der Waals surface area contributed by atoms with Crippen molar-refractivity contribution < 1.29 is 0 Å². The van der Waals surface area contributed by atoms with E-state index in [1.807, 2.05) is 6.20 Å². The lowest BCUT2D eigenvalue weighted by Gasteiger charge is -2.12. The lowest BCUT2D eigenvalue weighted by Crippen LogP contribution is -2.20. The highest BCUT2D eigenvalue weighted by Crippen LogP contribution is 2.27. The summed E-state index contributed by atoms with van der Waals surface area (Å²) in [6.45, 7) is 5.31. The van der Waals surface area contributed by atoms with Crippen molar-refractivity contribution in [3.63, 3.8) is 0 Å². The molecule has 0 fully saturated rings. The summed E-state index contributed by atoms with van der Waals surface area (Å²) in [6.07, 6.45) is 4.60. The Balaban J connectivity index is 1.96. The number of hydrogen-bond donors (Lipinski definition) is 1. The van der Waals surface area contributed by atoms with Crippen LogP contribution in [0.4, 0.5) is 0 Å². The Bertz CT molecular complexity index is 455. The number of rotatable bonds is 6. The maximum Gasteiger partial charge on any atom is 0.174 e. The molecule has 18 heavy (non-hydrogen) atoms. The van der Waals surface area contributed by atoms with E-state index >= 15 is 0 Å². The summed E-state index contributed by atoms with van der Waals surface area (Å²) in [4.78, 5) is 9.72. The summed E-state index contributed by atoms with van der Waals surface area (Å²) in [5.41, 5.74) is 1.07. The van der Waals surface area contributed by atoms with Crippen LogP contribution < -0.4 is 5.32 Å². The average Bonchev–Trinajstić information content (AvgIpc) is 2.89. The van der Waals surface area contributed by atoms with Gasteiger partial charge in [0.05, 0.1) is 5.69 Å². The Morgan fingerprint density at radius 3 is 2.89 bits per heavy atom. The van der Waals surface area contributed by atoms with E-state index in [0.717, 1.165) is 27.9 Å². The largest absolute Gasteiger partial charge is 0.309 e. The van der Waals surface area contributed by atoms with Crippen LogP contribution in [0.5, 0.6) is 0 Å². The molecule has 0 spiro atoms. The molecule has 6 heteroatoms. The Labute approximate surface area is 115 Å². The van der Waals surface area contributed by atoms with Gasteiger partial charge in [-0.25, -0.2) is 4.98 Å². The van der Waals surface area contributed by atoms with Gasteiger partial charge in [-0.1, -0.05) is 18.7 Å². The maximum absolute atomic E-state index is 4.49. The van der Waals surface area contributed by atoms with E-state index < -0.39 is 0 Å². The second-order valence-corrected chi connectivity index (χ2v) is 6.00. The summed E-state index contributed by atoms with van der Waals surface area (Å²) in [5, 5.41) is 3.42. The molecular weight excluding hydrogens is 264 g/mol. The summed E-state index contributed by atoms with van der Waals surface area (Å²) < 4.78 is 4.92. The predicted octanol–water partition coefficient (Wildman–Crippen LogP) is 3.14. The number of nitrogens with one attached hydrogen (secondary N) is 1. The molecule has 0 amide bonds. The normalized spacial score (nSPS) is 12.6. The number of hydrogen-bond acceptors (Lipinski definition) is 6. The zero-order valence-electron chi connectivity index (χ0n) is 10.5. The molecule has 2 aromatic heterocycles. The highest BCUT2D eigenvalue weighted by Gasteiger charge is 2.06. The van der Waals surface area contributed by atoms with Gasteiger partial charge in [0, 0.05) is 17.1 Å². The third-order valence-electron chi connectivity index (χ3n) is 2.45. The van der Waals surface area contributed by atoms with Crippen LogP contribution in [0.1, 0.15) is 32.0 Å². The Hall–Kier alpha value is -0.980. The van der Waals surface area contributed by atoms with Gasteiger partial charge in [0.15, 0.2) is 4.34 Å². The summed E-state index contributed by atoms with van der Waals surface area (Å²) in [7, 11) is 0. The second kappa shape index (κ2) is 6.82. The van der Waals surface area contributed by atoms with Gasteiger partial charge in [-0.05, 0) is 43.6 Å². The first-order valence-corrected chi connectivity index (χ1v) is 7.52. The maximum atomic E-state index is 4.49. The molecule has 2 rings (SSSR count). The smallest absolute Gasteiger partial charge is 0.174 e. The van der Waals surface area contributed by atoms with Crippen LogP contribution in [-0.4, -0.2) is 20.9 Å². The lowest BCUT2D eigenvalue weighted by molar-refractivity contribution is 0.558. The first-order valence-electron chi connectivity index (χ1n) is 5.93. The molecule has 96 valence electrons. The van der Waals surface area contributed by atoms with Crippen LogP contribution in [0.3, 0.4) is 0 Å². The van der Waals surface area contributed by atoms with Gasteiger partial charge >= 0.3 is 0 Å². The monoisotopic (exact) mass is 280 g/mol. The van der Waals surface area contributed by atoms with E-state index in [-0.39, 0.29) is 0 Å². The van der Waals surface area contributed by atoms with E-state index in [2.05, 4.69) is 45.6 Å². The van der Waals surface area contributed by atoms with Crippen LogP contribution in [-0.2, 0) is 0 Å². The first kappa shape index (κ1) is 13.5. The molecule has 0 radical (unpaired) electrons. The van der Waals surface area contributed by atoms with Crippen LogP contribution in [0.2, 0.25) is 0 Å². The van der Waals surface area contributed by atoms with Crippen LogP contribution in [0, 0.1) is 0 Å². The van der Waals surface area contributed by atoms with E-state index in [0.29, 0.717) is 6.04 Å². The lowest BCUT2D eigenvalue weighted by atomic mass is 10.2. The topological polar surface area (TPSA) is 50.7 Å².